The number of carbonyl (C=O) groups excluding carboxylic acids is 3. The fourth-order valence-corrected chi connectivity index (χ4v) is 3.60. The molecule has 0 bridgehead atoms. The largest absolute Gasteiger partial charge is 0.326 e. The Labute approximate surface area is 175 Å². The first-order valence-electron chi connectivity index (χ1n) is 9.99. The number of nitrogens with one attached hydrogen (secondary N) is 2. The highest BCUT2D eigenvalue weighted by molar-refractivity contribution is 5.98. The molecule has 1 unspecified atom stereocenters. The maximum Gasteiger partial charge on any atom is 0.247 e. The average Bonchev–Trinajstić information content (AvgIpc) is 2.68. The molecule has 3 rings (SSSR count). The number of hydrogen-bond acceptors (Lipinski definition) is 3. The van der Waals surface area contributed by atoms with Gasteiger partial charge in [-0.2, -0.15) is 0 Å². The molecule has 0 aliphatic carbocycles. The van der Waals surface area contributed by atoms with Crippen LogP contribution in [0.25, 0.3) is 0 Å². The van der Waals surface area contributed by atoms with Gasteiger partial charge in [0, 0.05) is 32.0 Å². The zero-order valence-electron chi connectivity index (χ0n) is 17.4. The van der Waals surface area contributed by atoms with Crippen LogP contribution >= 0.6 is 0 Å². The molecule has 0 spiro atoms. The summed E-state index contributed by atoms with van der Waals surface area (Å²) in [6, 6.07) is 11.1. The molecule has 1 aliphatic heterocycles. The van der Waals surface area contributed by atoms with Crippen LogP contribution < -0.4 is 10.6 Å². The highest BCUT2D eigenvalue weighted by atomic mass is 19.1. The highest BCUT2D eigenvalue weighted by Crippen LogP contribution is 2.26. The molecule has 0 saturated carbocycles. The SMILES string of the molecule is CC(=O)Nc1cc(NC(=O)C2Cc3ccccc3CN2C(=O)CC(C)C)ccc1F. The Morgan fingerprint density at radius 3 is 2.47 bits per heavy atom. The van der Waals surface area contributed by atoms with E-state index in [9.17, 15) is 18.8 Å². The van der Waals surface area contributed by atoms with Crippen molar-refractivity contribution in [2.45, 2.75) is 46.2 Å². The third-order valence-electron chi connectivity index (χ3n) is 5.00. The van der Waals surface area contributed by atoms with Crippen LogP contribution in [0.15, 0.2) is 42.5 Å². The fraction of sp³-hybridized carbons (Fsp3) is 0.348. The van der Waals surface area contributed by atoms with Crippen molar-refractivity contribution in [3.63, 3.8) is 0 Å². The maximum atomic E-state index is 13.9. The van der Waals surface area contributed by atoms with Crippen molar-refractivity contribution in [1.29, 1.82) is 0 Å². The lowest BCUT2D eigenvalue weighted by atomic mass is 9.92. The average molecular weight is 411 g/mol. The summed E-state index contributed by atoms with van der Waals surface area (Å²) in [6.45, 7) is 5.59. The summed E-state index contributed by atoms with van der Waals surface area (Å²) in [5, 5.41) is 5.17. The predicted molar refractivity (Wildman–Crippen MR) is 113 cm³/mol. The molecular weight excluding hydrogens is 385 g/mol. The molecule has 1 heterocycles. The molecule has 0 aromatic heterocycles. The van der Waals surface area contributed by atoms with E-state index in [2.05, 4.69) is 10.6 Å². The van der Waals surface area contributed by atoms with Crippen molar-refractivity contribution in [1.82, 2.24) is 4.90 Å². The summed E-state index contributed by atoms with van der Waals surface area (Å²) in [5.74, 6) is -1.24. The van der Waals surface area contributed by atoms with Gasteiger partial charge in [-0.1, -0.05) is 38.1 Å². The van der Waals surface area contributed by atoms with Gasteiger partial charge in [0.05, 0.1) is 5.69 Å². The quantitative estimate of drug-likeness (QED) is 0.787. The van der Waals surface area contributed by atoms with E-state index < -0.39 is 17.8 Å². The first-order chi connectivity index (χ1) is 14.2. The lowest BCUT2D eigenvalue weighted by Crippen LogP contribution is -2.50. The van der Waals surface area contributed by atoms with Gasteiger partial charge in [0.2, 0.25) is 17.7 Å². The highest BCUT2D eigenvalue weighted by Gasteiger charge is 2.34. The van der Waals surface area contributed by atoms with Crippen molar-refractivity contribution in [3.05, 3.63) is 59.4 Å². The lowest BCUT2D eigenvalue weighted by Gasteiger charge is -2.36. The topological polar surface area (TPSA) is 78.5 Å². The van der Waals surface area contributed by atoms with Crippen LogP contribution in [0.3, 0.4) is 0 Å². The van der Waals surface area contributed by atoms with Crippen molar-refractivity contribution in [3.8, 4) is 0 Å². The second kappa shape index (κ2) is 9.07. The molecule has 2 aromatic carbocycles. The van der Waals surface area contributed by atoms with Gasteiger partial charge in [0.15, 0.2) is 0 Å². The van der Waals surface area contributed by atoms with E-state index in [-0.39, 0.29) is 23.4 Å². The number of carbonyl (C=O) groups is 3. The number of hydrogen-bond donors (Lipinski definition) is 2. The van der Waals surface area contributed by atoms with Gasteiger partial charge in [0.25, 0.3) is 0 Å². The van der Waals surface area contributed by atoms with Crippen LogP contribution in [0.5, 0.6) is 0 Å². The first-order valence-corrected chi connectivity index (χ1v) is 9.99. The van der Waals surface area contributed by atoms with E-state index in [1.165, 1.54) is 25.1 Å². The Balaban J connectivity index is 1.84. The second-order valence-electron chi connectivity index (χ2n) is 7.97. The molecule has 0 saturated heterocycles. The molecule has 3 amide bonds. The van der Waals surface area contributed by atoms with Gasteiger partial charge in [-0.15, -0.1) is 0 Å². The zero-order valence-corrected chi connectivity index (χ0v) is 17.4. The van der Waals surface area contributed by atoms with E-state index >= 15 is 0 Å². The van der Waals surface area contributed by atoms with Crippen molar-refractivity contribution >= 4 is 29.1 Å². The Kier molecular flexibility index (Phi) is 6.50. The maximum absolute atomic E-state index is 13.9. The summed E-state index contributed by atoms with van der Waals surface area (Å²) in [6.07, 6.45) is 0.765. The Morgan fingerprint density at radius 1 is 1.10 bits per heavy atom. The van der Waals surface area contributed by atoms with Crippen LogP contribution in [0, 0.1) is 11.7 Å². The third-order valence-corrected chi connectivity index (χ3v) is 5.00. The van der Waals surface area contributed by atoms with Gasteiger partial charge in [-0.25, -0.2) is 4.39 Å². The van der Waals surface area contributed by atoms with Crippen LogP contribution in [0.1, 0.15) is 38.3 Å². The summed E-state index contributed by atoms with van der Waals surface area (Å²) in [5.41, 5.74) is 2.40. The Bertz CT molecular complexity index is 974. The second-order valence-corrected chi connectivity index (χ2v) is 7.97. The molecule has 30 heavy (non-hydrogen) atoms. The standard InChI is InChI=1S/C23H26FN3O3/c1-14(2)10-22(29)27-13-17-7-5-4-6-16(17)11-21(27)23(30)26-18-8-9-19(24)20(12-18)25-15(3)28/h4-9,12,14,21H,10-11,13H2,1-3H3,(H,25,28)(H,26,30). The van der Waals surface area contributed by atoms with Gasteiger partial charge in [-0.05, 0) is 35.2 Å². The van der Waals surface area contributed by atoms with Crippen LogP contribution in [-0.4, -0.2) is 28.7 Å². The minimum absolute atomic E-state index is 0.0120. The Morgan fingerprint density at radius 2 is 1.80 bits per heavy atom. The van der Waals surface area contributed by atoms with Gasteiger partial charge < -0.3 is 15.5 Å². The molecule has 158 valence electrons. The zero-order chi connectivity index (χ0) is 21.8. The molecule has 2 N–H and O–H groups in total. The van der Waals surface area contributed by atoms with Crippen LogP contribution in [0.4, 0.5) is 15.8 Å². The summed E-state index contributed by atoms with van der Waals surface area (Å²) < 4.78 is 13.9. The smallest absolute Gasteiger partial charge is 0.247 e. The van der Waals surface area contributed by atoms with E-state index in [1.807, 2.05) is 38.1 Å². The van der Waals surface area contributed by atoms with Crippen molar-refractivity contribution < 1.29 is 18.8 Å². The molecule has 1 atom stereocenters. The van der Waals surface area contributed by atoms with E-state index in [1.54, 1.807) is 4.90 Å². The van der Waals surface area contributed by atoms with Gasteiger partial charge in [-0.3, -0.25) is 14.4 Å². The molecular formula is C23H26FN3O3. The molecule has 0 fully saturated rings. The Hall–Kier alpha value is -3.22. The third kappa shape index (κ3) is 5.03. The van der Waals surface area contributed by atoms with Crippen LogP contribution in [-0.2, 0) is 27.3 Å². The predicted octanol–water partition coefficient (Wildman–Crippen LogP) is 3.72. The monoisotopic (exact) mass is 411 g/mol. The first kappa shape index (κ1) is 21.5. The van der Waals surface area contributed by atoms with E-state index in [4.69, 9.17) is 0 Å². The number of halogens is 1. The number of rotatable bonds is 5. The molecule has 2 aromatic rings. The lowest BCUT2D eigenvalue weighted by molar-refractivity contribution is -0.140. The van der Waals surface area contributed by atoms with Crippen molar-refractivity contribution in [2.75, 3.05) is 10.6 Å². The molecule has 1 aliphatic rings. The minimum atomic E-state index is -0.666. The molecule has 0 radical (unpaired) electrons. The van der Waals surface area contributed by atoms with Crippen molar-refractivity contribution in [2.24, 2.45) is 5.92 Å². The number of amides is 3. The van der Waals surface area contributed by atoms with E-state index in [0.29, 0.717) is 25.1 Å². The summed E-state index contributed by atoms with van der Waals surface area (Å²) in [4.78, 5) is 38.8. The summed E-state index contributed by atoms with van der Waals surface area (Å²) in [7, 11) is 0. The van der Waals surface area contributed by atoms with Crippen LogP contribution in [0.2, 0.25) is 0 Å². The number of fused-ring (bicyclic) bond motifs is 1. The molecule has 6 nitrogen and oxygen atoms in total. The molecule has 7 heteroatoms. The fourth-order valence-electron chi connectivity index (χ4n) is 3.60. The number of anilines is 2. The number of nitrogens with zero attached hydrogens (tertiary/aromatic N) is 1. The minimum Gasteiger partial charge on any atom is -0.326 e. The van der Waals surface area contributed by atoms with Gasteiger partial charge >= 0.3 is 0 Å². The van der Waals surface area contributed by atoms with E-state index in [0.717, 1.165) is 11.1 Å². The number of benzene rings is 2. The van der Waals surface area contributed by atoms with Gasteiger partial charge in [0.1, 0.15) is 11.9 Å². The normalized spacial score (nSPS) is 15.5. The summed E-state index contributed by atoms with van der Waals surface area (Å²) >= 11 is 0.